The number of carbonyl (C=O) groups is 1. The van der Waals surface area contributed by atoms with Gasteiger partial charge in [-0.25, -0.2) is 0 Å². The van der Waals surface area contributed by atoms with Crippen molar-refractivity contribution in [3.8, 4) is 17.0 Å². The molecule has 0 aliphatic rings. The Morgan fingerprint density at radius 2 is 1.79 bits per heavy atom. The van der Waals surface area contributed by atoms with Gasteiger partial charge in [0.2, 0.25) is 0 Å². The molecule has 2 aromatic carbocycles. The fourth-order valence-corrected chi connectivity index (χ4v) is 3.41. The van der Waals surface area contributed by atoms with Gasteiger partial charge < -0.3 is 14.0 Å². The van der Waals surface area contributed by atoms with Gasteiger partial charge in [0.1, 0.15) is 12.4 Å². The van der Waals surface area contributed by atoms with E-state index in [9.17, 15) is 4.79 Å². The number of aromatic nitrogens is 1. The number of aryl methyl sites for hydroxylation is 3. The molecular weight excluding hydrogens is 362 g/mol. The number of hydrogen-bond donors (Lipinski definition) is 0. The van der Waals surface area contributed by atoms with E-state index < -0.39 is 0 Å². The molecule has 3 aromatic rings. The van der Waals surface area contributed by atoms with Gasteiger partial charge in [0.05, 0.1) is 13.2 Å². The fourth-order valence-electron chi connectivity index (χ4n) is 3.41. The summed E-state index contributed by atoms with van der Waals surface area (Å²) < 4.78 is 13.2. The zero-order chi connectivity index (χ0) is 20.6. The van der Waals surface area contributed by atoms with Crippen molar-refractivity contribution in [2.45, 2.75) is 40.2 Å². The summed E-state index contributed by atoms with van der Waals surface area (Å²) >= 11 is 0. The molecule has 3 rings (SSSR count). The predicted octanol–water partition coefficient (Wildman–Crippen LogP) is 5.35. The Morgan fingerprint density at radius 3 is 2.52 bits per heavy atom. The van der Waals surface area contributed by atoms with Crippen LogP contribution in [0.1, 0.15) is 30.2 Å². The molecule has 0 saturated carbocycles. The first-order valence-corrected chi connectivity index (χ1v) is 10.2. The molecule has 0 aliphatic heterocycles. The molecule has 0 radical (unpaired) electrons. The minimum absolute atomic E-state index is 0.153. The molecule has 4 nitrogen and oxygen atoms in total. The normalized spacial score (nSPS) is 10.7. The van der Waals surface area contributed by atoms with E-state index in [4.69, 9.17) is 9.47 Å². The highest BCUT2D eigenvalue weighted by Gasteiger charge is 2.08. The Morgan fingerprint density at radius 1 is 1.00 bits per heavy atom. The first kappa shape index (κ1) is 20.7. The van der Waals surface area contributed by atoms with E-state index in [-0.39, 0.29) is 5.97 Å². The van der Waals surface area contributed by atoms with Crippen LogP contribution in [0.25, 0.3) is 11.3 Å². The second-order valence-corrected chi connectivity index (χ2v) is 7.18. The average molecular weight is 392 g/mol. The lowest BCUT2D eigenvalue weighted by molar-refractivity contribution is -0.143. The van der Waals surface area contributed by atoms with Gasteiger partial charge in [-0.3, -0.25) is 4.79 Å². The quantitative estimate of drug-likeness (QED) is 0.462. The summed E-state index contributed by atoms with van der Waals surface area (Å²) in [5, 5.41) is 0. The van der Waals surface area contributed by atoms with Crippen molar-refractivity contribution in [3.63, 3.8) is 0 Å². The van der Waals surface area contributed by atoms with E-state index in [0.29, 0.717) is 26.1 Å². The van der Waals surface area contributed by atoms with Gasteiger partial charge in [-0.2, -0.15) is 0 Å². The van der Waals surface area contributed by atoms with Crippen molar-refractivity contribution < 1.29 is 14.3 Å². The number of hydrogen-bond acceptors (Lipinski definition) is 3. The first-order valence-electron chi connectivity index (χ1n) is 10.2. The van der Waals surface area contributed by atoms with Crippen LogP contribution in [-0.2, 0) is 22.5 Å². The zero-order valence-electron chi connectivity index (χ0n) is 17.5. The van der Waals surface area contributed by atoms with Gasteiger partial charge in [-0.1, -0.05) is 35.9 Å². The fraction of sp³-hybridized carbons (Fsp3) is 0.320. The number of benzene rings is 2. The number of esters is 1. The summed E-state index contributed by atoms with van der Waals surface area (Å²) in [6.07, 6.45) is 1.09. The van der Waals surface area contributed by atoms with Gasteiger partial charge in [-0.15, -0.1) is 0 Å². The molecule has 0 unspecified atom stereocenters. The van der Waals surface area contributed by atoms with E-state index in [2.05, 4.69) is 54.8 Å². The average Bonchev–Trinajstić information content (AvgIpc) is 3.08. The van der Waals surface area contributed by atoms with Crippen molar-refractivity contribution in [2.75, 3.05) is 13.2 Å². The summed E-state index contributed by atoms with van der Waals surface area (Å²) in [6, 6.07) is 20.8. The minimum Gasteiger partial charge on any atom is -0.492 e. The third kappa shape index (κ3) is 5.74. The summed E-state index contributed by atoms with van der Waals surface area (Å²) in [5.74, 6) is 0.686. The van der Waals surface area contributed by atoms with Crippen LogP contribution < -0.4 is 4.74 Å². The summed E-state index contributed by atoms with van der Waals surface area (Å²) in [5.41, 5.74) is 6.02. The summed E-state index contributed by atoms with van der Waals surface area (Å²) in [7, 11) is 0. The lowest BCUT2D eigenvalue weighted by Crippen LogP contribution is -2.10. The van der Waals surface area contributed by atoms with Crippen LogP contribution in [0.4, 0.5) is 0 Å². The van der Waals surface area contributed by atoms with Crippen LogP contribution in [0.15, 0.2) is 60.7 Å². The maximum absolute atomic E-state index is 11.5. The van der Waals surface area contributed by atoms with Gasteiger partial charge >= 0.3 is 5.97 Å². The standard InChI is InChI=1S/C25H29NO3/c1-4-28-25(27)15-11-21-9-12-23(13-10-21)29-17-16-26-20(3)8-14-24(26)22-7-5-6-19(2)18-22/h5-10,12-14,18H,4,11,15-17H2,1-3H3. The van der Waals surface area contributed by atoms with Crippen LogP contribution >= 0.6 is 0 Å². The lowest BCUT2D eigenvalue weighted by atomic mass is 10.1. The van der Waals surface area contributed by atoms with E-state index in [1.165, 1.54) is 22.5 Å². The maximum atomic E-state index is 11.5. The van der Waals surface area contributed by atoms with Crippen molar-refractivity contribution in [2.24, 2.45) is 0 Å². The molecule has 0 amide bonds. The lowest BCUT2D eigenvalue weighted by Gasteiger charge is -2.13. The van der Waals surface area contributed by atoms with E-state index in [0.717, 1.165) is 17.9 Å². The Hall–Kier alpha value is -3.01. The van der Waals surface area contributed by atoms with Crippen molar-refractivity contribution in [1.29, 1.82) is 0 Å². The zero-order valence-corrected chi connectivity index (χ0v) is 17.5. The van der Waals surface area contributed by atoms with Gasteiger partial charge in [0, 0.05) is 17.8 Å². The Labute approximate surface area is 173 Å². The number of rotatable bonds is 9. The predicted molar refractivity (Wildman–Crippen MR) is 116 cm³/mol. The molecule has 1 aromatic heterocycles. The number of carbonyl (C=O) groups excluding carboxylic acids is 1. The van der Waals surface area contributed by atoms with Crippen LogP contribution in [0, 0.1) is 13.8 Å². The van der Waals surface area contributed by atoms with Gasteiger partial charge in [0.25, 0.3) is 0 Å². The number of ether oxygens (including phenoxy) is 2. The monoisotopic (exact) mass is 391 g/mol. The van der Waals surface area contributed by atoms with Crippen molar-refractivity contribution in [3.05, 3.63) is 77.5 Å². The first-order chi connectivity index (χ1) is 14.1. The van der Waals surface area contributed by atoms with Crippen LogP contribution in [-0.4, -0.2) is 23.8 Å². The molecule has 0 N–H and O–H groups in total. The Kier molecular flexibility index (Phi) is 7.12. The molecule has 0 bridgehead atoms. The molecule has 0 aliphatic carbocycles. The Balaban J connectivity index is 1.55. The van der Waals surface area contributed by atoms with Gasteiger partial charge in [0.15, 0.2) is 0 Å². The number of nitrogens with zero attached hydrogens (tertiary/aromatic N) is 1. The maximum Gasteiger partial charge on any atom is 0.306 e. The van der Waals surface area contributed by atoms with Crippen molar-refractivity contribution in [1.82, 2.24) is 4.57 Å². The molecule has 152 valence electrons. The largest absolute Gasteiger partial charge is 0.492 e. The molecular formula is C25H29NO3. The molecule has 0 atom stereocenters. The van der Waals surface area contributed by atoms with E-state index >= 15 is 0 Å². The summed E-state index contributed by atoms with van der Waals surface area (Å²) in [4.78, 5) is 11.5. The molecule has 0 fully saturated rings. The highest BCUT2D eigenvalue weighted by atomic mass is 16.5. The van der Waals surface area contributed by atoms with Gasteiger partial charge in [-0.05, 0) is 68.7 Å². The van der Waals surface area contributed by atoms with Crippen LogP contribution in [0.3, 0.4) is 0 Å². The molecule has 1 heterocycles. The SMILES string of the molecule is CCOC(=O)CCc1ccc(OCCn2c(C)ccc2-c2cccc(C)c2)cc1. The third-order valence-corrected chi connectivity index (χ3v) is 4.94. The molecule has 29 heavy (non-hydrogen) atoms. The second-order valence-electron chi connectivity index (χ2n) is 7.18. The second kappa shape index (κ2) is 9.97. The molecule has 0 spiro atoms. The van der Waals surface area contributed by atoms with Crippen LogP contribution in [0.5, 0.6) is 5.75 Å². The third-order valence-electron chi connectivity index (χ3n) is 4.94. The molecule has 4 heteroatoms. The molecule has 0 saturated heterocycles. The van der Waals surface area contributed by atoms with E-state index in [1.807, 2.05) is 31.2 Å². The van der Waals surface area contributed by atoms with E-state index in [1.54, 1.807) is 0 Å². The smallest absolute Gasteiger partial charge is 0.306 e. The van der Waals surface area contributed by atoms with Crippen molar-refractivity contribution >= 4 is 5.97 Å². The topological polar surface area (TPSA) is 40.5 Å². The minimum atomic E-state index is -0.153. The van der Waals surface area contributed by atoms with Crippen LogP contribution in [0.2, 0.25) is 0 Å². The Bertz CT molecular complexity index is 941. The highest BCUT2D eigenvalue weighted by Crippen LogP contribution is 2.23. The summed E-state index contributed by atoms with van der Waals surface area (Å²) in [6.45, 7) is 7.87. The highest BCUT2D eigenvalue weighted by molar-refractivity contribution is 5.69.